The van der Waals surface area contributed by atoms with Crippen LogP contribution in [0.3, 0.4) is 0 Å². The van der Waals surface area contributed by atoms with Crippen molar-refractivity contribution in [3.63, 3.8) is 0 Å². The van der Waals surface area contributed by atoms with Crippen molar-refractivity contribution in [2.24, 2.45) is 0 Å². The third-order valence-electron chi connectivity index (χ3n) is 3.22. The van der Waals surface area contributed by atoms with E-state index in [1.807, 2.05) is 37.3 Å². The zero-order valence-corrected chi connectivity index (χ0v) is 14.0. The molecule has 6 heteroatoms. The Kier molecular flexibility index (Phi) is 6.63. The first-order valence-corrected chi connectivity index (χ1v) is 7.81. The van der Waals surface area contributed by atoms with Crippen molar-refractivity contribution in [3.05, 3.63) is 65.2 Å². The second-order valence-corrected chi connectivity index (χ2v) is 5.49. The van der Waals surface area contributed by atoms with E-state index in [9.17, 15) is 9.59 Å². The molecule has 5 nitrogen and oxygen atoms in total. The molecule has 0 radical (unpaired) electrons. The van der Waals surface area contributed by atoms with Gasteiger partial charge in [-0.2, -0.15) is 0 Å². The highest BCUT2D eigenvalue weighted by Gasteiger charge is 2.12. The van der Waals surface area contributed by atoms with Gasteiger partial charge in [-0.3, -0.25) is 4.79 Å². The van der Waals surface area contributed by atoms with E-state index in [2.05, 4.69) is 5.32 Å². The third kappa shape index (κ3) is 5.59. The minimum Gasteiger partial charge on any atom is -0.480 e. The predicted octanol–water partition coefficient (Wildman–Crippen LogP) is 3.14. The van der Waals surface area contributed by atoms with Gasteiger partial charge >= 0.3 is 5.97 Å². The molecule has 0 aliphatic carbocycles. The molecule has 0 aliphatic heterocycles. The summed E-state index contributed by atoms with van der Waals surface area (Å²) < 4.78 is 10.1. The van der Waals surface area contributed by atoms with Crippen LogP contribution in [0.1, 0.15) is 18.5 Å². The van der Waals surface area contributed by atoms with Gasteiger partial charge in [-0.25, -0.2) is 4.79 Å². The predicted molar refractivity (Wildman–Crippen MR) is 90.9 cm³/mol. The van der Waals surface area contributed by atoms with Crippen molar-refractivity contribution >= 4 is 23.5 Å². The highest BCUT2D eigenvalue weighted by atomic mass is 35.5. The first-order chi connectivity index (χ1) is 11.6. The SMILES string of the molecule is C[C@@H](NC(=O)COC(=O)COc1ccccc1Cl)c1ccccc1. The Hall–Kier alpha value is -2.53. The number of hydrogen-bond donors (Lipinski definition) is 1. The van der Waals surface area contributed by atoms with Gasteiger partial charge in [0.05, 0.1) is 11.1 Å². The van der Waals surface area contributed by atoms with E-state index in [0.29, 0.717) is 10.8 Å². The maximum absolute atomic E-state index is 11.8. The van der Waals surface area contributed by atoms with Crippen LogP contribution < -0.4 is 10.1 Å². The molecule has 2 rings (SSSR count). The Morgan fingerprint density at radius 1 is 1.04 bits per heavy atom. The van der Waals surface area contributed by atoms with Crippen molar-refractivity contribution in [2.75, 3.05) is 13.2 Å². The van der Waals surface area contributed by atoms with Crippen molar-refractivity contribution in [3.8, 4) is 5.75 Å². The number of rotatable bonds is 7. The summed E-state index contributed by atoms with van der Waals surface area (Å²) in [6.45, 7) is 1.18. The first-order valence-electron chi connectivity index (χ1n) is 7.43. The molecule has 0 heterocycles. The molecular formula is C18H18ClNO4. The number of esters is 1. The summed E-state index contributed by atoms with van der Waals surface area (Å²) >= 11 is 5.91. The van der Waals surface area contributed by atoms with Gasteiger partial charge in [-0.1, -0.05) is 54.1 Å². The van der Waals surface area contributed by atoms with Crippen LogP contribution in [0.25, 0.3) is 0 Å². The van der Waals surface area contributed by atoms with E-state index in [4.69, 9.17) is 21.1 Å². The van der Waals surface area contributed by atoms with E-state index in [1.165, 1.54) is 0 Å². The van der Waals surface area contributed by atoms with Crippen LogP contribution in [-0.2, 0) is 14.3 Å². The summed E-state index contributed by atoms with van der Waals surface area (Å²) in [6.07, 6.45) is 0. The number of halogens is 1. The average Bonchev–Trinajstić information content (AvgIpc) is 2.60. The molecule has 1 atom stereocenters. The molecule has 0 bridgehead atoms. The number of nitrogens with one attached hydrogen (secondary N) is 1. The van der Waals surface area contributed by atoms with Crippen LogP contribution >= 0.6 is 11.6 Å². The fourth-order valence-corrected chi connectivity index (χ4v) is 2.18. The second kappa shape index (κ2) is 8.93. The first kappa shape index (κ1) is 17.8. The number of ether oxygens (including phenoxy) is 2. The Bertz CT molecular complexity index is 690. The minimum absolute atomic E-state index is 0.170. The molecule has 0 aromatic heterocycles. The van der Waals surface area contributed by atoms with Crippen LogP contribution in [0.4, 0.5) is 0 Å². The van der Waals surface area contributed by atoms with Crippen molar-refractivity contribution in [1.29, 1.82) is 0 Å². The molecular weight excluding hydrogens is 330 g/mol. The second-order valence-electron chi connectivity index (χ2n) is 5.08. The van der Waals surface area contributed by atoms with E-state index in [-0.39, 0.29) is 25.2 Å². The molecule has 24 heavy (non-hydrogen) atoms. The molecule has 0 fully saturated rings. The van der Waals surface area contributed by atoms with E-state index >= 15 is 0 Å². The number of carbonyl (C=O) groups is 2. The number of hydrogen-bond acceptors (Lipinski definition) is 4. The van der Waals surface area contributed by atoms with Gasteiger partial charge in [0.15, 0.2) is 13.2 Å². The number of amides is 1. The molecule has 2 aromatic carbocycles. The summed E-state index contributed by atoms with van der Waals surface area (Å²) in [5.74, 6) is -0.631. The third-order valence-corrected chi connectivity index (χ3v) is 3.54. The smallest absolute Gasteiger partial charge is 0.344 e. The summed E-state index contributed by atoms with van der Waals surface area (Å²) in [5.41, 5.74) is 0.972. The summed E-state index contributed by atoms with van der Waals surface area (Å²) in [5, 5.41) is 3.16. The maximum Gasteiger partial charge on any atom is 0.344 e. The lowest BCUT2D eigenvalue weighted by atomic mass is 10.1. The number of carbonyl (C=O) groups excluding carboxylic acids is 2. The highest BCUT2D eigenvalue weighted by Crippen LogP contribution is 2.22. The van der Waals surface area contributed by atoms with Gasteiger partial charge in [0.1, 0.15) is 5.75 Å². The van der Waals surface area contributed by atoms with Crippen LogP contribution in [0.5, 0.6) is 5.75 Å². The Balaban J connectivity index is 1.71. The zero-order chi connectivity index (χ0) is 17.4. The molecule has 2 aromatic rings. The largest absolute Gasteiger partial charge is 0.480 e. The zero-order valence-electron chi connectivity index (χ0n) is 13.2. The summed E-state index contributed by atoms with van der Waals surface area (Å²) in [4.78, 5) is 23.4. The molecule has 0 aliphatic rings. The van der Waals surface area contributed by atoms with Gasteiger partial charge in [0.2, 0.25) is 0 Å². The Labute approximate surface area is 145 Å². The molecule has 0 unspecified atom stereocenters. The lowest BCUT2D eigenvalue weighted by Crippen LogP contribution is -2.31. The molecule has 0 spiro atoms. The monoisotopic (exact) mass is 347 g/mol. The quantitative estimate of drug-likeness (QED) is 0.781. The van der Waals surface area contributed by atoms with E-state index in [0.717, 1.165) is 5.56 Å². The normalized spacial score (nSPS) is 11.4. The fourth-order valence-electron chi connectivity index (χ4n) is 1.99. The van der Waals surface area contributed by atoms with Crippen molar-refractivity contribution in [2.45, 2.75) is 13.0 Å². The molecule has 1 N–H and O–H groups in total. The highest BCUT2D eigenvalue weighted by molar-refractivity contribution is 6.32. The van der Waals surface area contributed by atoms with E-state index < -0.39 is 5.97 Å². The van der Waals surface area contributed by atoms with Gasteiger partial charge in [-0.05, 0) is 24.6 Å². The lowest BCUT2D eigenvalue weighted by Gasteiger charge is -2.14. The summed E-state index contributed by atoms with van der Waals surface area (Å²) in [7, 11) is 0. The van der Waals surface area contributed by atoms with Gasteiger partial charge in [0.25, 0.3) is 5.91 Å². The molecule has 0 saturated carbocycles. The average molecular weight is 348 g/mol. The van der Waals surface area contributed by atoms with Crippen LogP contribution in [0.15, 0.2) is 54.6 Å². The van der Waals surface area contributed by atoms with Crippen LogP contribution in [0.2, 0.25) is 5.02 Å². The van der Waals surface area contributed by atoms with Crippen LogP contribution in [0, 0.1) is 0 Å². The maximum atomic E-state index is 11.8. The number of para-hydroxylation sites is 1. The molecule has 126 valence electrons. The molecule has 1 amide bonds. The van der Waals surface area contributed by atoms with Crippen molar-refractivity contribution in [1.82, 2.24) is 5.32 Å². The Morgan fingerprint density at radius 2 is 1.71 bits per heavy atom. The lowest BCUT2D eigenvalue weighted by molar-refractivity contribution is -0.150. The van der Waals surface area contributed by atoms with Gasteiger partial charge < -0.3 is 14.8 Å². The standard InChI is InChI=1S/C18H18ClNO4/c1-13(14-7-3-2-4-8-14)20-17(21)11-24-18(22)12-23-16-10-6-5-9-15(16)19/h2-10,13H,11-12H2,1H3,(H,20,21)/t13-/m1/s1. The van der Waals surface area contributed by atoms with Gasteiger partial charge in [-0.15, -0.1) is 0 Å². The van der Waals surface area contributed by atoms with E-state index in [1.54, 1.807) is 24.3 Å². The number of benzene rings is 2. The Morgan fingerprint density at radius 3 is 2.42 bits per heavy atom. The topological polar surface area (TPSA) is 64.6 Å². The van der Waals surface area contributed by atoms with Crippen LogP contribution in [-0.4, -0.2) is 25.1 Å². The summed E-state index contributed by atoms with van der Waals surface area (Å²) in [6, 6.07) is 16.1. The fraction of sp³-hybridized carbons (Fsp3) is 0.222. The molecule has 0 saturated heterocycles. The van der Waals surface area contributed by atoms with Crippen molar-refractivity contribution < 1.29 is 19.1 Å². The van der Waals surface area contributed by atoms with Gasteiger partial charge in [0, 0.05) is 0 Å². The minimum atomic E-state index is -0.641.